The van der Waals surface area contributed by atoms with Gasteiger partial charge in [-0.3, -0.25) is 14.6 Å². The molecule has 4 nitrogen and oxygen atoms in total. The van der Waals surface area contributed by atoms with Crippen molar-refractivity contribution in [2.75, 3.05) is 0 Å². The molecule has 1 atom stereocenters. The highest BCUT2D eigenvalue weighted by atomic mass is 16.5. The second kappa shape index (κ2) is 8.58. The fraction of sp³-hybridized carbons (Fsp3) is 0.261. The largest absolute Gasteiger partial charge is 0.454 e. The van der Waals surface area contributed by atoms with Gasteiger partial charge in [0.15, 0.2) is 6.10 Å². The first-order valence-electron chi connectivity index (χ1n) is 9.24. The van der Waals surface area contributed by atoms with Crippen LogP contribution < -0.4 is 0 Å². The Morgan fingerprint density at radius 1 is 1.00 bits per heavy atom. The van der Waals surface area contributed by atoms with Crippen molar-refractivity contribution in [2.45, 2.75) is 39.2 Å². The quantitative estimate of drug-likeness (QED) is 0.458. The van der Waals surface area contributed by atoms with E-state index in [0.29, 0.717) is 12.0 Å². The van der Waals surface area contributed by atoms with E-state index in [1.807, 2.05) is 48.5 Å². The van der Waals surface area contributed by atoms with Crippen molar-refractivity contribution in [3.05, 3.63) is 77.5 Å². The molecule has 138 valence electrons. The van der Waals surface area contributed by atoms with Crippen LogP contribution in [-0.4, -0.2) is 22.8 Å². The van der Waals surface area contributed by atoms with Gasteiger partial charge in [-0.2, -0.15) is 0 Å². The number of aryl methyl sites for hydroxylation is 2. The van der Waals surface area contributed by atoms with Crippen LogP contribution in [-0.2, 0) is 22.4 Å². The molecule has 0 unspecified atom stereocenters. The lowest BCUT2D eigenvalue weighted by Gasteiger charge is -2.12. The molecule has 1 heterocycles. The Bertz CT molecular complexity index is 947. The number of ketones is 1. The van der Waals surface area contributed by atoms with Crippen molar-refractivity contribution in [2.24, 2.45) is 0 Å². The van der Waals surface area contributed by atoms with Crippen LogP contribution in [0.15, 0.2) is 60.7 Å². The molecule has 0 aliphatic rings. The maximum absolute atomic E-state index is 12.4. The summed E-state index contributed by atoms with van der Waals surface area (Å²) in [6.45, 7) is 3.67. The number of nitrogens with zero attached hydrogens (tertiary/aromatic N) is 1. The Morgan fingerprint density at radius 3 is 2.48 bits per heavy atom. The molecule has 0 aliphatic heterocycles. The number of carbonyl (C=O) groups is 2. The highest BCUT2D eigenvalue weighted by molar-refractivity contribution is 6.00. The summed E-state index contributed by atoms with van der Waals surface area (Å²) in [5, 5.41) is 1.07. The van der Waals surface area contributed by atoms with E-state index >= 15 is 0 Å². The van der Waals surface area contributed by atoms with Crippen molar-refractivity contribution in [3.8, 4) is 0 Å². The molecule has 0 saturated heterocycles. The number of hydrogen-bond donors (Lipinski definition) is 0. The molecule has 3 aromatic rings. The molecule has 0 radical (unpaired) electrons. The molecule has 0 amide bonds. The summed E-state index contributed by atoms with van der Waals surface area (Å²) >= 11 is 0. The Balaban J connectivity index is 1.55. The number of pyridine rings is 1. The highest BCUT2D eigenvalue weighted by Gasteiger charge is 2.19. The molecule has 1 aromatic heterocycles. The van der Waals surface area contributed by atoms with Crippen molar-refractivity contribution in [1.29, 1.82) is 0 Å². The van der Waals surface area contributed by atoms with Crippen LogP contribution in [0.5, 0.6) is 0 Å². The average Bonchev–Trinajstić information content (AvgIpc) is 2.71. The van der Waals surface area contributed by atoms with Gasteiger partial charge in [0, 0.05) is 23.1 Å². The second-order valence-corrected chi connectivity index (χ2v) is 6.54. The predicted molar refractivity (Wildman–Crippen MR) is 106 cm³/mol. The molecule has 0 saturated carbocycles. The minimum absolute atomic E-state index is 0.185. The lowest BCUT2D eigenvalue weighted by molar-refractivity contribution is -0.146. The van der Waals surface area contributed by atoms with E-state index in [4.69, 9.17) is 4.74 Å². The number of ether oxygens (including phenoxy) is 1. The number of para-hydroxylation sites is 1. The number of Topliss-reactive ketones (excluding diaryl/α,β-unsaturated/α-hetero) is 1. The van der Waals surface area contributed by atoms with Gasteiger partial charge >= 0.3 is 5.97 Å². The Hall–Kier alpha value is -3.01. The number of esters is 1. The van der Waals surface area contributed by atoms with Gasteiger partial charge in [-0.1, -0.05) is 55.5 Å². The molecule has 4 heteroatoms. The van der Waals surface area contributed by atoms with Crippen LogP contribution in [0, 0.1) is 0 Å². The van der Waals surface area contributed by atoms with E-state index in [2.05, 4.69) is 11.9 Å². The topological polar surface area (TPSA) is 56.3 Å². The van der Waals surface area contributed by atoms with E-state index in [9.17, 15) is 9.59 Å². The molecule has 27 heavy (non-hydrogen) atoms. The van der Waals surface area contributed by atoms with Gasteiger partial charge in [-0.15, -0.1) is 0 Å². The minimum Gasteiger partial charge on any atom is -0.454 e. The number of carbonyl (C=O) groups excluding carboxylic acids is 2. The van der Waals surface area contributed by atoms with Gasteiger partial charge < -0.3 is 4.74 Å². The molecule has 3 rings (SSSR count). The van der Waals surface area contributed by atoms with E-state index in [1.54, 1.807) is 19.1 Å². The molecule has 0 aliphatic carbocycles. The maximum atomic E-state index is 12.4. The Kier molecular flexibility index (Phi) is 5.97. The van der Waals surface area contributed by atoms with E-state index in [0.717, 1.165) is 23.0 Å². The highest BCUT2D eigenvalue weighted by Crippen LogP contribution is 2.14. The summed E-state index contributed by atoms with van der Waals surface area (Å²) in [7, 11) is 0. The Labute approximate surface area is 159 Å². The molecular formula is C23H23NO3. The van der Waals surface area contributed by atoms with Gasteiger partial charge in [0.1, 0.15) is 0 Å². The van der Waals surface area contributed by atoms with Crippen molar-refractivity contribution < 1.29 is 14.3 Å². The number of benzene rings is 2. The van der Waals surface area contributed by atoms with Crippen molar-refractivity contribution in [1.82, 2.24) is 4.98 Å². The molecule has 2 aromatic carbocycles. The smallest absolute Gasteiger partial charge is 0.306 e. The molecule has 0 bridgehead atoms. The number of rotatable bonds is 7. The maximum Gasteiger partial charge on any atom is 0.306 e. The first-order valence-corrected chi connectivity index (χ1v) is 9.24. The number of hydrogen-bond acceptors (Lipinski definition) is 4. The fourth-order valence-corrected chi connectivity index (χ4v) is 2.93. The summed E-state index contributed by atoms with van der Waals surface area (Å²) in [4.78, 5) is 29.1. The third-order valence-corrected chi connectivity index (χ3v) is 4.57. The van der Waals surface area contributed by atoms with Gasteiger partial charge in [-0.05, 0) is 31.0 Å². The molecule has 0 N–H and O–H groups in total. The van der Waals surface area contributed by atoms with Crippen molar-refractivity contribution in [3.63, 3.8) is 0 Å². The van der Waals surface area contributed by atoms with Crippen LogP contribution in [0.1, 0.15) is 41.9 Å². The second-order valence-electron chi connectivity index (χ2n) is 6.54. The Morgan fingerprint density at radius 2 is 1.74 bits per heavy atom. The van der Waals surface area contributed by atoms with Crippen LogP contribution in [0.4, 0.5) is 0 Å². The van der Waals surface area contributed by atoms with Crippen LogP contribution in [0.2, 0.25) is 0 Å². The lowest BCUT2D eigenvalue weighted by atomic mass is 10.0. The lowest BCUT2D eigenvalue weighted by Crippen LogP contribution is -2.24. The summed E-state index contributed by atoms with van der Waals surface area (Å²) < 4.78 is 5.32. The first-order chi connectivity index (χ1) is 13.1. The van der Waals surface area contributed by atoms with Gasteiger partial charge in [0.25, 0.3) is 0 Å². The monoisotopic (exact) mass is 361 g/mol. The van der Waals surface area contributed by atoms with Crippen molar-refractivity contribution >= 4 is 22.7 Å². The molecule has 0 spiro atoms. The first kappa shape index (κ1) is 18.8. The zero-order chi connectivity index (χ0) is 19.2. The normalized spacial score (nSPS) is 11.9. The molecule has 0 fully saturated rings. The third kappa shape index (κ3) is 4.79. The van der Waals surface area contributed by atoms with Gasteiger partial charge in [0.2, 0.25) is 5.78 Å². The average molecular weight is 361 g/mol. The molecular weight excluding hydrogens is 338 g/mol. The SMILES string of the molecule is CCc1ccc(C(=O)[C@H](C)OC(=O)CCc2ccc3ccccc3n2)cc1. The van der Waals surface area contributed by atoms with E-state index in [-0.39, 0.29) is 12.2 Å². The van der Waals surface area contributed by atoms with Crippen LogP contribution >= 0.6 is 0 Å². The number of fused-ring (bicyclic) bond motifs is 1. The number of aromatic nitrogens is 1. The van der Waals surface area contributed by atoms with Gasteiger partial charge in [-0.25, -0.2) is 0 Å². The predicted octanol–water partition coefficient (Wildman–Crippen LogP) is 4.54. The standard InChI is InChI=1S/C23H23NO3/c1-3-17-8-10-19(11-9-17)23(26)16(2)27-22(25)15-14-20-13-12-18-6-4-5-7-21(18)24-20/h4-13,16H,3,14-15H2,1-2H3/t16-/m0/s1. The van der Waals surface area contributed by atoms with Gasteiger partial charge in [0.05, 0.1) is 11.9 Å². The summed E-state index contributed by atoms with van der Waals surface area (Å²) in [6.07, 6.45) is 0.796. The third-order valence-electron chi connectivity index (χ3n) is 4.57. The van der Waals surface area contributed by atoms with E-state index in [1.165, 1.54) is 5.56 Å². The summed E-state index contributed by atoms with van der Waals surface area (Å²) in [5.74, 6) is -0.578. The zero-order valence-electron chi connectivity index (χ0n) is 15.6. The summed E-state index contributed by atoms with van der Waals surface area (Å²) in [5.41, 5.74) is 3.46. The zero-order valence-corrected chi connectivity index (χ0v) is 15.6. The van der Waals surface area contributed by atoms with E-state index < -0.39 is 12.1 Å². The van der Waals surface area contributed by atoms with Crippen LogP contribution in [0.3, 0.4) is 0 Å². The summed E-state index contributed by atoms with van der Waals surface area (Å²) in [6, 6.07) is 19.2. The van der Waals surface area contributed by atoms with Crippen LogP contribution in [0.25, 0.3) is 10.9 Å². The minimum atomic E-state index is -0.797. The fourth-order valence-electron chi connectivity index (χ4n) is 2.93.